The van der Waals surface area contributed by atoms with Crippen LogP contribution in [0.4, 0.5) is 0 Å². The highest BCUT2D eigenvalue weighted by molar-refractivity contribution is 14.0. The average molecular weight is 565 g/mol. The summed E-state index contributed by atoms with van der Waals surface area (Å²) >= 11 is 12.2. The molecule has 2 rings (SSSR count). The number of guanidine groups is 1. The molecule has 0 radical (unpaired) electrons. The van der Waals surface area contributed by atoms with Crippen LogP contribution in [0.2, 0.25) is 10.0 Å². The molecular weight excluding hydrogens is 538 g/mol. The molecule has 0 fully saturated rings. The molecular formula is C21H27Cl2IN4O2. The highest BCUT2D eigenvalue weighted by Gasteiger charge is 2.06. The van der Waals surface area contributed by atoms with Crippen molar-refractivity contribution in [3.63, 3.8) is 0 Å². The summed E-state index contributed by atoms with van der Waals surface area (Å²) in [5.74, 6) is 1.22. The lowest BCUT2D eigenvalue weighted by molar-refractivity contribution is -0.130. The normalized spacial score (nSPS) is 10.8. The number of hydrogen-bond acceptors (Lipinski definition) is 3. The van der Waals surface area contributed by atoms with Gasteiger partial charge >= 0.3 is 0 Å². The Morgan fingerprint density at radius 3 is 2.57 bits per heavy atom. The van der Waals surface area contributed by atoms with Gasteiger partial charge in [-0.1, -0.05) is 41.4 Å². The number of carbonyl (C=O) groups is 1. The molecule has 6 nitrogen and oxygen atoms in total. The maximum absolute atomic E-state index is 11.7. The van der Waals surface area contributed by atoms with E-state index >= 15 is 0 Å². The zero-order valence-electron chi connectivity index (χ0n) is 17.2. The van der Waals surface area contributed by atoms with Gasteiger partial charge in [0.05, 0.1) is 6.54 Å². The van der Waals surface area contributed by atoms with Crippen LogP contribution in [0.1, 0.15) is 18.1 Å². The fraction of sp³-hybridized carbons (Fsp3) is 0.333. The van der Waals surface area contributed by atoms with E-state index in [9.17, 15) is 4.79 Å². The lowest BCUT2D eigenvalue weighted by atomic mass is 10.2. The fourth-order valence-corrected chi connectivity index (χ4v) is 2.84. The molecule has 0 atom stereocenters. The molecule has 9 heteroatoms. The first-order valence-corrected chi connectivity index (χ1v) is 10.0. The summed E-state index contributed by atoms with van der Waals surface area (Å²) in [5.41, 5.74) is 1.91. The summed E-state index contributed by atoms with van der Waals surface area (Å²) in [6.45, 7) is 3.73. The zero-order valence-corrected chi connectivity index (χ0v) is 21.1. The molecule has 2 aromatic carbocycles. The smallest absolute Gasteiger partial charge is 0.259 e. The number of rotatable bonds is 8. The van der Waals surface area contributed by atoms with Gasteiger partial charge in [0.25, 0.3) is 5.91 Å². The van der Waals surface area contributed by atoms with Crippen LogP contribution in [0, 0.1) is 0 Å². The molecule has 2 N–H and O–H groups in total. The van der Waals surface area contributed by atoms with E-state index < -0.39 is 0 Å². The van der Waals surface area contributed by atoms with Gasteiger partial charge in [-0.2, -0.15) is 0 Å². The Kier molecular flexibility index (Phi) is 11.9. The number of nitrogens with zero attached hydrogens (tertiary/aromatic N) is 2. The van der Waals surface area contributed by atoms with E-state index in [1.165, 1.54) is 4.90 Å². The standard InChI is InChI=1S/C21H26Cl2N4O2.HI/c1-4-24-21(26-13-16-8-9-17(22)11-19(16)23)25-12-15-6-5-7-18(10-15)29-14-20(28)27(2)3;/h5-11H,4,12-14H2,1-3H3,(H2,24,25,26);1H. The van der Waals surface area contributed by atoms with Crippen molar-refractivity contribution in [2.24, 2.45) is 4.99 Å². The summed E-state index contributed by atoms with van der Waals surface area (Å²) < 4.78 is 5.56. The van der Waals surface area contributed by atoms with Gasteiger partial charge in [-0.25, -0.2) is 4.99 Å². The number of hydrogen-bond donors (Lipinski definition) is 2. The average Bonchev–Trinajstić information content (AvgIpc) is 2.69. The number of amides is 1. The second kappa shape index (κ2) is 13.6. The predicted octanol–water partition coefficient (Wildman–Crippen LogP) is 4.33. The van der Waals surface area contributed by atoms with Crippen molar-refractivity contribution >= 4 is 59.0 Å². The summed E-state index contributed by atoms with van der Waals surface area (Å²) in [6.07, 6.45) is 0. The van der Waals surface area contributed by atoms with Crippen LogP contribution in [0.5, 0.6) is 5.75 Å². The number of carbonyl (C=O) groups excluding carboxylic acids is 1. The van der Waals surface area contributed by atoms with Crippen LogP contribution in [0.25, 0.3) is 0 Å². The van der Waals surface area contributed by atoms with E-state index in [1.54, 1.807) is 26.2 Å². The summed E-state index contributed by atoms with van der Waals surface area (Å²) in [5, 5.41) is 7.69. The number of benzene rings is 2. The lowest BCUT2D eigenvalue weighted by Gasteiger charge is -2.13. The van der Waals surface area contributed by atoms with Gasteiger partial charge in [0.2, 0.25) is 0 Å². The molecule has 0 aliphatic carbocycles. The van der Waals surface area contributed by atoms with Gasteiger partial charge in [-0.05, 0) is 42.3 Å². The second-order valence-electron chi connectivity index (χ2n) is 6.51. The first-order chi connectivity index (χ1) is 13.9. The summed E-state index contributed by atoms with van der Waals surface area (Å²) in [7, 11) is 3.40. The van der Waals surface area contributed by atoms with Gasteiger partial charge in [0.15, 0.2) is 12.6 Å². The number of nitrogens with one attached hydrogen (secondary N) is 2. The van der Waals surface area contributed by atoms with Gasteiger partial charge in [-0.3, -0.25) is 4.79 Å². The topological polar surface area (TPSA) is 66.0 Å². The highest BCUT2D eigenvalue weighted by Crippen LogP contribution is 2.20. The fourth-order valence-electron chi connectivity index (χ4n) is 2.36. The SMILES string of the molecule is CCNC(=NCc1cccc(OCC(=O)N(C)C)c1)NCc1ccc(Cl)cc1Cl.I. The minimum Gasteiger partial charge on any atom is -0.484 e. The number of halogens is 3. The van der Waals surface area contributed by atoms with Crippen LogP contribution >= 0.6 is 47.2 Å². The minimum absolute atomic E-state index is 0. The van der Waals surface area contributed by atoms with E-state index in [4.69, 9.17) is 27.9 Å². The van der Waals surface area contributed by atoms with Crippen molar-refractivity contribution in [3.05, 3.63) is 63.6 Å². The Hall–Kier alpha value is -1.71. The Balaban J connectivity index is 0.00000450. The maximum Gasteiger partial charge on any atom is 0.259 e. The molecule has 164 valence electrons. The molecule has 0 aromatic heterocycles. The lowest BCUT2D eigenvalue weighted by Crippen LogP contribution is -2.36. The van der Waals surface area contributed by atoms with Crippen LogP contribution < -0.4 is 15.4 Å². The molecule has 0 bridgehead atoms. The Morgan fingerprint density at radius 1 is 1.13 bits per heavy atom. The predicted molar refractivity (Wildman–Crippen MR) is 134 cm³/mol. The number of ether oxygens (including phenoxy) is 1. The van der Waals surface area contributed by atoms with Crippen molar-refractivity contribution in [3.8, 4) is 5.75 Å². The second-order valence-corrected chi connectivity index (χ2v) is 7.35. The Labute approximate surface area is 205 Å². The molecule has 0 aliphatic rings. The van der Waals surface area contributed by atoms with Crippen molar-refractivity contribution in [2.75, 3.05) is 27.2 Å². The third-order valence-electron chi connectivity index (χ3n) is 3.98. The largest absolute Gasteiger partial charge is 0.484 e. The van der Waals surface area contributed by atoms with Crippen LogP contribution in [-0.4, -0.2) is 44.0 Å². The third-order valence-corrected chi connectivity index (χ3v) is 4.57. The van der Waals surface area contributed by atoms with Gasteiger partial charge in [0, 0.05) is 37.2 Å². The highest BCUT2D eigenvalue weighted by atomic mass is 127. The summed E-state index contributed by atoms with van der Waals surface area (Å²) in [6, 6.07) is 13.0. The van der Waals surface area contributed by atoms with Crippen molar-refractivity contribution < 1.29 is 9.53 Å². The Morgan fingerprint density at radius 2 is 1.90 bits per heavy atom. The Bertz CT molecular complexity index is 863. The van der Waals surface area contributed by atoms with E-state index in [-0.39, 0.29) is 36.5 Å². The van der Waals surface area contributed by atoms with E-state index in [0.29, 0.717) is 34.8 Å². The third kappa shape index (κ3) is 8.97. The van der Waals surface area contributed by atoms with Crippen LogP contribution in [0.15, 0.2) is 47.5 Å². The quantitative estimate of drug-likeness (QED) is 0.284. The van der Waals surface area contributed by atoms with Crippen molar-refractivity contribution in [1.82, 2.24) is 15.5 Å². The van der Waals surface area contributed by atoms with Crippen LogP contribution in [-0.2, 0) is 17.9 Å². The maximum atomic E-state index is 11.7. The van der Waals surface area contributed by atoms with Crippen molar-refractivity contribution in [2.45, 2.75) is 20.0 Å². The molecule has 1 amide bonds. The van der Waals surface area contributed by atoms with Crippen molar-refractivity contribution in [1.29, 1.82) is 0 Å². The van der Waals surface area contributed by atoms with E-state index in [1.807, 2.05) is 37.3 Å². The zero-order chi connectivity index (χ0) is 21.2. The molecule has 0 saturated heterocycles. The molecule has 0 aliphatic heterocycles. The molecule has 2 aromatic rings. The van der Waals surface area contributed by atoms with E-state index in [2.05, 4.69) is 15.6 Å². The number of aliphatic imine (C=N–C) groups is 1. The molecule has 0 spiro atoms. The molecule has 30 heavy (non-hydrogen) atoms. The van der Waals surface area contributed by atoms with Crippen LogP contribution in [0.3, 0.4) is 0 Å². The van der Waals surface area contributed by atoms with Gasteiger partial charge in [0.1, 0.15) is 5.75 Å². The molecule has 0 saturated carbocycles. The van der Waals surface area contributed by atoms with E-state index in [0.717, 1.165) is 17.7 Å². The van der Waals surface area contributed by atoms with Gasteiger partial charge < -0.3 is 20.3 Å². The first kappa shape index (κ1) is 26.3. The molecule has 0 heterocycles. The van der Waals surface area contributed by atoms with Gasteiger partial charge in [-0.15, -0.1) is 24.0 Å². The first-order valence-electron chi connectivity index (χ1n) is 9.27. The monoisotopic (exact) mass is 564 g/mol. The minimum atomic E-state index is -0.0899. The summed E-state index contributed by atoms with van der Waals surface area (Å²) in [4.78, 5) is 17.8. The molecule has 0 unspecified atom stereocenters. The number of likely N-dealkylation sites (N-methyl/N-ethyl adjacent to an activating group) is 1.